The molecule has 1 aromatic carbocycles. The molecule has 3 aromatic heterocycles. The molecular weight excluding hydrogens is 250 g/mol. The van der Waals surface area contributed by atoms with Gasteiger partial charge >= 0.3 is 0 Å². The average molecular weight is 261 g/mol. The molecule has 0 aliphatic heterocycles. The number of fused-ring (bicyclic) bond motifs is 1. The number of aromatic nitrogens is 5. The third kappa shape index (κ3) is 1.68. The lowest BCUT2D eigenvalue weighted by atomic mass is 10.2. The van der Waals surface area contributed by atoms with Crippen LogP contribution in [0.15, 0.2) is 61.2 Å². The summed E-state index contributed by atoms with van der Waals surface area (Å²) in [5.41, 5.74) is 4.12. The molecule has 0 unspecified atom stereocenters. The second kappa shape index (κ2) is 4.31. The van der Waals surface area contributed by atoms with E-state index in [4.69, 9.17) is 0 Å². The number of rotatable bonds is 2. The van der Waals surface area contributed by atoms with E-state index in [1.807, 2.05) is 47.3 Å². The Kier molecular flexibility index (Phi) is 2.35. The summed E-state index contributed by atoms with van der Waals surface area (Å²) in [5, 5.41) is 12.5. The standard InChI is InChI=1S/C15H11N5/c1-2-13(9-14-12(1)10-17-19-14)20-15(5-8-18-20)11-3-6-16-7-4-11/h1-10H,(H,17,19). The first-order chi connectivity index (χ1) is 9.92. The first-order valence-electron chi connectivity index (χ1n) is 6.30. The molecule has 96 valence electrons. The molecular formula is C15H11N5. The Labute approximate surface area is 114 Å². The average Bonchev–Trinajstić information content (AvgIpc) is 3.16. The van der Waals surface area contributed by atoms with Gasteiger partial charge in [0.05, 0.1) is 29.3 Å². The number of H-pyrrole nitrogens is 1. The molecule has 0 amide bonds. The SMILES string of the molecule is c1cc(-c2ccnn2-c2ccc3cn[nH]c3c2)ccn1. The number of hydrogen-bond donors (Lipinski definition) is 1. The Morgan fingerprint density at radius 3 is 2.75 bits per heavy atom. The Balaban J connectivity index is 1.88. The van der Waals surface area contributed by atoms with Crippen molar-refractivity contribution in [2.24, 2.45) is 0 Å². The molecule has 0 radical (unpaired) electrons. The Morgan fingerprint density at radius 1 is 0.950 bits per heavy atom. The molecule has 0 saturated heterocycles. The maximum atomic E-state index is 4.42. The summed E-state index contributed by atoms with van der Waals surface area (Å²) >= 11 is 0. The first-order valence-corrected chi connectivity index (χ1v) is 6.30. The van der Waals surface area contributed by atoms with E-state index in [1.54, 1.807) is 18.6 Å². The lowest BCUT2D eigenvalue weighted by Gasteiger charge is -2.07. The van der Waals surface area contributed by atoms with Crippen LogP contribution in [0.25, 0.3) is 27.8 Å². The first kappa shape index (κ1) is 10.9. The molecule has 0 aliphatic rings. The van der Waals surface area contributed by atoms with Crippen molar-refractivity contribution in [3.05, 3.63) is 61.2 Å². The van der Waals surface area contributed by atoms with Crippen molar-refractivity contribution in [3.8, 4) is 16.9 Å². The van der Waals surface area contributed by atoms with Crippen LogP contribution in [0.3, 0.4) is 0 Å². The highest BCUT2D eigenvalue weighted by molar-refractivity contribution is 5.80. The van der Waals surface area contributed by atoms with E-state index in [1.165, 1.54) is 0 Å². The summed E-state index contributed by atoms with van der Waals surface area (Å²) < 4.78 is 1.91. The minimum absolute atomic E-state index is 0.999. The summed E-state index contributed by atoms with van der Waals surface area (Å²) in [5.74, 6) is 0. The van der Waals surface area contributed by atoms with Crippen molar-refractivity contribution in [3.63, 3.8) is 0 Å². The van der Waals surface area contributed by atoms with Gasteiger partial charge in [-0.2, -0.15) is 10.2 Å². The Hall–Kier alpha value is -2.95. The third-order valence-corrected chi connectivity index (χ3v) is 3.29. The van der Waals surface area contributed by atoms with Crippen LogP contribution in [0, 0.1) is 0 Å². The summed E-state index contributed by atoms with van der Waals surface area (Å²) in [7, 11) is 0. The third-order valence-electron chi connectivity index (χ3n) is 3.29. The van der Waals surface area contributed by atoms with Gasteiger partial charge in [0.15, 0.2) is 0 Å². The van der Waals surface area contributed by atoms with E-state index in [-0.39, 0.29) is 0 Å². The normalized spacial score (nSPS) is 11.0. The molecule has 5 heteroatoms. The molecule has 20 heavy (non-hydrogen) atoms. The summed E-state index contributed by atoms with van der Waals surface area (Å²) in [6, 6.07) is 12.1. The molecule has 0 fully saturated rings. The summed E-state index contributed by atoms with van der Waals surface area (Å²) in [6.07, 6.45) is 7.18. The number of pyridine rings is 1. The van der Waals surface area contributed by atoms with Crippen molar-refractivity contribution < 1.29 is 0 Å². The van der Waals surface area contributed by atoms with Crippen LogP contribution in [-0.2, 0) is 0 Å². The highest BCUT2D eigenvalue weighted by atomic mass is 15.3. The number of benzene rings is 1. The molecule has 3 heterocycles. The molecule has 0 saturated carbocycles. The summed E-state index contributed by atoms with van der Waals surface area (Å²) in [6.45, 7) is 0. The monoisotopic (exact) mass is 261 g/mol. The quantitative estimate of drug-likeness (QED) is 0.603. The summed E-state index contributed by atoms with van der Waals surface area (Å²) in [4.78, 5) is 4.05. The van der Waals surface area contributed by atoms with Gasteiger partial charge in [0.1, 0.15) is 0 Å². The van der Waals surface area contributed by atoms with Gasteiger partial charge in [0, 0.05) is 23.3 Å². The van der Waals surface area contributed by atoms with Gasteiger partial charge < -0.3 is 0 Å². The fourth-order valence-electron chi connectivity index (χ4n) is 2.31. The molecule has 0 spiro atoms. The van der Waals surface area contributed by atoms with Gasteiger partial charge in [-0.25, -0.2) is 4.68 Å². The fraction of sp³-hybridized carbons (Fsp3) is 0. The minimum Gasteiger partial charge on any atom is -0.278 e. The van der Waals surface area contributed by atoms with Crippen LogP contribution in [0.2, 0.25) is 0 Å². The Bertz CT molecular complexity index is 860. The predicted octanol–water partition coefficient (Wildman–Crippen LogP) is 2.81. The van der Waals surface area contributed by atoms with Crippen LogP contribution in [0.5, 0.6) is 0 Å². The number of nitrogens with zero attached hydrogens (tertiary/aromatic N) is 4. The molecule has 5 nitrogen and oxygen atoms in total. The topological polar surface area (TPSA) is 59.4 Å². The largest absolute Gasteiger partial charge is 0.278 e. The van der Waals surface area contributed by atoms with Crippen molar-refractivity contribution >= 4 is 10.9 Å². The van der Waals surface area contributed by atoms with E-state index >= 15 is 0 Å². The lowest BCUT2D eigenvalue weighted by molar-refractivity contribution is 0.889. The number of nitrogens with one attached hydrogen (secondary N) is 1. The van der Waals surface area contributed by atoms with Crippen LogP contribution in [0.4, 0.5) is 0 Å². The molecule has 4 aromatic rings. The zero-order valence-corrected chi connectivity index (χ0v) is 10.6. The second-order valence-corrected chi connectivity index (χ2v) is 4.51. The highest BCUT2D eigenvalue weighted by Crippen LogP contribution is 2.23. The predicted molar refractivity (Wildman–Crippen MR) is 76.4 cm³/mol. The van der Waals surface area contributed by atoms with E-state index in [2.05, 4.69) is 20.3 Å². The molecule has 0 bridgehead atoms. The van der Waals surface area contributed by atoms with Gasteiger partial charge in [0.25, 0.3) is 0 Å². The zero-order chi connectivity index (χ0) is 13.4. The van der Waals surface area contributed by atoms with Gasteiger partial charge in [-0.15, -0.1) is 0 Å². The van der Waals surface area contributed by atoms with Crippen molar-refractivity contribution in [1.82, 2.24) is 25.0 Å². The lowest BCUT2D eigenvalue weighted by Crippen LogP contribution is -1.98. The smallest absolute Gasteiger partial charge is 0.0742 e. The van der Waals surface area contributed by atoms with Crippen LogP contribution in [-0.4, -0.2) is 25.0 Å². The zero-order valence-electron chi connectivity index (χ0n) is 10.6. The Morgan fingerprint density at radius 2 is 1.85 bits per heavy atom. The van der Waals surface area contributed by atoms with Crippen molar-refractivity contribution in [2.75, 3.05) is 0 Å². The minimum atomic E-state index is 0.999. The second-order valence-electron chi connectivity index (χ2n) is 4.51. The van der Waals surface area contributed by atoms with Crippen molar-refractivity contribution in [2.45, 2.75) is 0 Å². The molecule has 0 aliphatic carbocycles. The molecule has 4 rings (SSSR count). The maximum absolute atomic E-state index is 4.42. The number of aromatic amines is 1. The van der Waals surface area contributed by atoms with Crippen LogP contribution >= 0.6 is 0 Å². The van der Waals surface area contributed by atoms with Crippen molar-refractivity contribution in [1.29, 1.82) is 0 Å². The van der Waals surface area contributed by atoms with Gasteiger partial charge in [-0.3, -0.25) is 10.1 Å². The molecule has 1 N–H and O–H groups in total. The van der Waals surface area contributed by atoms with E-state index in [9.17, 15) is 0 Å². The van der Waals surface area contributed by atoms with E-state index in [0.717, 1.165) is 27.8 Å². The van der Waals surface area contributed by atoms with Gasteiger partial charge in [0.2, 0.25) is 0 Å². The van der Waals surface area contributed by atoms with Crippen LogP contribution in [0.1, 0.15) is 0 Å². The van der Waals surface area contributed by atoms with Crippen LogP contribution < -0.4 is 0 Å². The van der Waals surface area contributed by atoms with Gasteiger partial charge in [-0.1, -0.05) is 0 Å². The maximum Gasteiger partial charge on any atom is 0.0742 e. The van der Waals surface area contributed by atoms with E-state index in [0.29, 0.717) is 0 Å². The van der Waals surface area contributed by atoms with E-state index < -0.39 is 0 Å². The molecule has 0 atom stereocenters. The number of hydrogen-bond acceptors (Lipinski definition) is 3. The van der Waals surface area contributed by atoms with Gasteiger partial charge in [-0.05, 0) is 36.4 Å². The highest BCUT2D eigenvalue weighted by Gasteiger charge is 2.08. The fourth-order valence-corrected chi connectivity index (χ4v) is 2.31.